The van der Waals surface area contributed by atoms with Gasteiger partial charge in [0.2, 0.25) is 5.91 Å². The van der Waals surface area contributed by atoms with Crippen molar-refractivity contribution in [2.24, 2.45) is 11.8 Å². The summed E-state index contributed by atoms with van der Waals surface area (Å²) >= 11 is 0. The van der Waals surface area contributed by atoms with E-state index >= 15 is 0 Å². The number of ether oxygens (including phenoxy) is 1. The minimum atomic E-state index is -0.327. The molecule has 1 aromatic carbocycles. The first-order valence-corrected chi connectivity index (χ1v) is 13.0. The van der Waals surface area contributed by atoms with E-state index in [1.165, 1.54) is 0 Å². The Morgan fingerprint density at radius 3 is 2.60 bits per heavy atom. The van der Waals surface area contributed by atoms with Gasteiger partial charge < -0.3 is 19.1 Å². The molecule has 3 heterocycles. The van der Waals surface area contributed by atoms with E-state index < -0.39 is 0 Å². The molecule has 0 N–H and O–H groups in total. The number of carbonyl (C=O) groups is 1. The third kappa shape index (κ3) is 5.36. The number of nitrogens with zero attached hydrogens (tertiary/aromatic N) is 4. The average Bonchev–Trinajstić information content (AvgIpc) is 3.33. The first-order chi connectivity index (χ1) is 17.0. The lowest BCUT2D eigenvalue weighted by molar-refractivity contribution is -0.139. The quantitative estimate of drug-likeness (QED) is 0.550. The van der Waals surface area contributed by atoms with Gasteiger partial charge in [-0.25, -0.2) is 4.39 Å². The summed E-state index contributed by atoms with van der Waals surface area (Å²) < 4.78 is 26.1. The highest BCUT2D eigenvalue weighted by Gasteiger charge is 2.29. The van der Waals surface area contributed by atoms with Crippen molar-refractivity contribution in [2.75, 3.05) is 37.7 Å². The Kier molecular flexibility index (Phi) is 7.07. The molecule has 8 heteroatoms. The van der Waals surface area contributed by atoms with Crippen molar-refractivity contribution in [1.82, 2.24) is 15.0 Å². The van der Waals surface area contributed by atoms with Crippen molar-refractivity contribution in [1.29, 1.82) is 0 Å². The fourth-order valence-corrected chi connectivity index (χ4v) is 5.02. The number of halogens is 1. The molecule has 2 aromatic rings. The smallest absolute Gasteiger partial charge is 0.324 e. The Bertz CT molecular complexity index is 1070. The predicted octanol–water partition coefficient (Wildman–Crippen LogP) is 5.04. The molecule has 0 bridgehead atoms. The van der Waals surface area contributed by atoms with Crippen LogP contribution >= 0.6 is 0 Å². The van der Waals surface area contributed by atoms with E-state index in [2.05, 4.69) is 21.1 Å². The highest BCUT2D eigenvalue weighted by Crippen LogP contribution is 2.34. The molecule has 1 atom stereocenters. The number of anilines is 1. The van der Waals surface area contributed by atoms with Crippen LogP contribution in [-0.4, -0.2) is 53.7 Å². The molecule has 2 saturated heterocycles. The lowest BCUT2D eigenvalue weighted by Gasteiger charge is -2.35. The SMILES string of the molecule is CC(C)c1noc(N2CCC(COc3ccc(C4=CCC(C(=O)N5CCC5)CC4)cc3F)CC2)n1. The van der Waals surface area contributed by atoms with E-state index in [4.69, 9.17) is 9.26 Å². The van der Waals surface area contributed by atoms with Crippen molar-refractivity contribution >= 4 is 17.5 Å². The molecule has 1 aromatic heterocycles. The third-order valence-corrected chi connectivity index (χ3v) is 7.54. The summed E-state index contributed by atoms with van der Waals surface area (Å²) in [4.78, 5) is 21.0. The molecular weight excluding hydrogens is 447 g/mol. The fourth-order valence-electron chi connectivity index (χ4n) is 5.02. The predicted molar refractivity (Wildman–Crippen MR) is 132 cm³/mol. The molecular formula is C27H35FN4O3. The highest BCUT2D eigenvalue weighted by molar-refractivity contribution is 5.81. The van der Waals surface area contributed by atoms with Gasteiger partial charge in [-0.15, -0.1) is 0 Å². The molecule has 3 aliphatic rings. The van der Waals surface area contributed by atoms with Crippen LogP contribution in [0.3, 0.4) is 0 Å². The van der Waals surface area contributed by atoms with Crippen LogP contribution in [0.1, 0.15) is 69.7 Å². The minimum absolute atomic E-state index is 0.0787. The zero-order valence-electron chi connectivity index (χ0n) is 20.7. The topological polar surface area (TPSA) is 71.7 Å². The number of hydrogen-bond acceptors (Lipinski definition) is 6. The summed E-state index contributed by atoms with van der Waals surface area (Å²) in [5.41, 5.74) is 2.01. The van der Waals surface area contributed by atoms with Crippen LogP contribution in [0.25, 0.3) is 5.57 Å². The zero-order chi connectivity index (χ0) is 24.4. The Morgan fingerprint density at radius 1 is 1.20 bits per heavy atom. The van der Waals surface area contributed by atoms with Crippen molar-refractivity contribution in [3.63, 3.8) is 0 Å². The van der Waals surface area contributed by atoms with Gasteiger partial charge >= 0.3 is 6.01 Å². The number of amides is 1. The van der Waals surface area contributed by atoms with E-state index in [0.29, 0.717) is 24.3 Å². The van der Waals surface area contributed by atoms with Crippen molar-refractivity contribution < 1.29 is 18.4 Å². The number of aromatic nitrogens is 2. The largest absolute Gasteiger partial charge is 0.490 e. The van der Waals surface area contributed by atoms with Gasteiger partial charge in [-0.2, -0.15) is 4.98 Å². The second kappa shape index (κ2) is 10.4. The molecule has 7 nitrogen and oxygen atoms in total. The molecule has 5 rings (SSSR count). The van der Waals surface area contributed by atoms with E-state index in [0.717, 1.165) is 81.7 Å². The number of hydrogen-bond donors (Lipinski definition) is 0. The van der Waals surface area contributed by atoms with Crippen molar-refractivity contribution in [3.8, 4) is 5.75 Å². The number of likely N-dealkylation sites (tertiary alicyclic amines) is 1. The van der Waals surface area contributed by atoms with Crippen molar-refractivity contribution in [3.05, 3.63) is 41.5 Å². The van der Waals surface area contributed by atoms with Crippen molar-refractivity contribution in [2.45, 2.75) is 58.3 Å². The summed E-state index contributed by atoms with van der Waals surface area (Å²) in [6, 6.07) is 5.84. The molecule has 2 aliphatic heterocycles. The summed E-state index contributed by atoms with van der Waals surface area (Å²) in [5.74, 6) is 1.67. The fraction of sp³-hybridized carbons (Fsp3) is 0.593. The van der Waals surface area contributed by atoms with E-state index in [1.54, 1.807) is 12.1 Å². The first kappa shape index (κ1) is 23.8. The van der Waals surface area contributed by atoms with Crippen LogP contribution < -0.4 is 9.64 Å². The summed E-state index contributed by atoms with van der Waals surface area (Å²) in [6.45, 7) is 8.03. The summed E-state index contributed by atoms with van der Waals surface area (Å²) in [5, 5.41) is 4.05. The number of rotatable bonds is 7. The first-order valence-electron chi connectivity index (χ1n) is 13.0. The standard InChI is InChI=1S/C27H35FN4O3/c1-18(2)25-29-27(35-30-25)32-14-10-19(11-15-32)17-34-24-9-8-22(16-23(24)28)20-4-6-21(7-5-20)26(33)31-12-3-13-31/h4,8-9,16,18-19,21H,3,5-7,10-15,17H2,1-2H3. The number of carbonyl (C=O) groups excluding carboxylic acids is 1. The van der Waals surface area contributed by atoms with Crippen LogP contribution in [0.5, 0.6) is 5.75 Å². The van der Waals surface area contributed by atoms with E-state index in [9.17, 15) is 9.18 Å². The maximum Gasteiger partial charge on any atom is 0.324 e. The maximum atomic E-state index is 14.8. The Balaban J connectivity index is 1.10. The lowest BCUT2D eigenvalue weighted by Crippen LogP contribution is -2.45. The number of benzene rings is 1. The maximum absolute atomic E-state index is 14.8. The monoisotopic (exact) mass is 482 g/mol. The molecule has 188 valence electrons. The van der Waals surface area contributed by atoms with Crippen LogP contribution in [0.4, 0.5) is 10.4 Å². The molecule has 0 saturated carbocycles. The molecule has 2 fully saturated rings. The second-order valence-electron chi connectivity index (χ2n) is 10.4. The van der Waals surface area contributed by atoms with Gasteiger partial charge in [0.15, 0.2) is 17.4 Å². The van der Waals surface area contributed by atoms with Gasteiger partial charge in [-0.1, -0.05) is 31.1 Å². The number of piperidine rings is 1. The van der Waals surface area contributed by atoms with Gasteiger partial charge in [0, 0.05) is 38.0 Å². The molecule has 0 radical (unpaired) electrons. The van der Waals surface area contributed by atoms with E-state index in [-0.39, 0.29) is 23.6 Å². The molecule has 1 amide bonds. The van der Waals surface area contributed by atoms with Gasteiger partial charge in [-0.05, 0) is 67.7 Å². The van der Waals surface area contributed by atoms with Crippen LogP contribution in [0, 0.1) is 17.7 Å². The lowest BCUT2D eigenvalue weighted by atomic mass is 9.85. The number of allylic oxidation sites excluding steroid dienone is 2. The highest BCUT2D eigenvalue weighted by atomic mass is 19.1. The van der Waals surface area contributed by atoms with Gasteiger partial charge in [-0.3, -0.25) is 4.79 Å². The van der Waals surface area contributed by atoms with Gasteiger partial charge in [0.05, 0.1) is 6.61 Å². The second-order valence-corrected chi connectivity index (χ2v) is 10.4. The Labute approximate surface area is 206 Å². The van der Waals surface area contributed by atoms with E-state index in [1.807, 2.05) is 24.8 Å². The molecule has 1 aliphatic carbocycles. The molecule has 0 spiro atoms. The van der Waals surface area contributed by atoms with Crippen LogP contribution in [-0.2, 0) is 4.79 Å². The van der Waals surface area contributed by atoms with Crippen LogP contribution in [0.15, 0.2) is 28.8 Å². The minimum Gasteiger partial charge on any atom is -0.490 e. The zero-order valence-corrected chi connectivity index (χ0v) is 20.7. The summed E-state index contributed by atoms with van der Waals surface area (Å²) in [7, 11) is 0. The molecule has 1 unspecified atom stereocenters. The Morgan fingerprint density at radius 2 is 2.00 bits per heavy atom. The van der Waals surface area contributed by atoms with Gasteiger partial charge in [0.1, 0.15) is 0 Å². The normalized spacial score (nSPS) is 21.1. The van der Waals surface area contributed by atoms with Crippen LogP contribution in [0.2, 0.25) is 0 Å². The third-order valence-electron chi connectivity index (χ3n) is 7.54. The Hall–Kier alpha value is -2.90. The average molecular weight is 483 g/mol. The summed E-state index contributed by atoms with van der Waals surface area (Å²) in [6.07, 6.45) is 7.48. The van der Waals surface area contributed by atoms with Gasteiger partial charge in [0.25, 0.3) is 0 Å². The molecule has 35 heavy (non-hydrogen) atoms.